The Morgan fingerprint density at radius 2 is 1.77 bits per heavy atom. The number of nitrogens with one attached hydrogen (secondary N) is 1. The molecule has 2 aromatic rings. The molecule has 1 aliphatic carbocycles. The summed E-state index contributed by atoms with van der Waals surface area (Å²) in [5.74, 6) is -0.115. The molecule has 0 spiro atoms. The second-order valence-electron chi connectivity index (χ2n) is 6.35. The minimum atomic E-state index is -0.958. The number of benzene rings is 2. The van der Waals surface area contributed by atoms with Crippen molar-refractivity contribution in [1.29, 1.82) is 0 Å². The standard InChI is InChI=1S/C21H23NO4/c1-2-14-25-18-12-8-16(9-13-18)21(24)26-19(15-6-4-3-5-7-15)20(23)22-17-10-11-17/h3-9,12-13,17,19H,2,10-11,14H2,1H3,(H,22,23)/t19-/m1/s1. The molecule has 1 saturated carbocycles. The van der Waals surface area contributed by atoms with Crippen molar-refractivity contribution in [2.75, 3.05) is 6.61 Å². The molecule has 26 heavy (non-hydrogen) atoms. The van der Waals surface area contributed by atoms with Crippen LogP contribution in [0, 0.1) is 0 Å². The van der Waals surface area contributed by atoms with Crippen LogP contribution in [-0.4, -0.2) is 24.5 Å². The predicted molar refractivity (Wildman–Crippen MR) is 98.0 cm³/mol. The molecule has 1 aliphatic rings. The summed E-state index contributed by atoms with van der Waals surface area (Å²) in [4.78, 5) is 25.0. The summed E-state index contributed by atoms with van der Waals surface area (Å²) in [6.45, 7) is 2.66. The Morgan fingerprint density at radius 3 is 2.38 bits per heavy atom. The number of amides is 1. The van der Waals surface area contributed by atoms with Gasteiger partial charge in [-0.1, -0.05) is 37.3 Å². The zero-order chi connectivity index (χ0) is 18.4. The Hall–Kier alpha value is -2.82. The summed E-state index contributed by atoms with van der Waals surface area (Å²) < 4.78 is 11.1. The number of rotatable bonds is 8. The zero-order valence-electron chi connectivity index (χ0n) is 14.8. The molecule has 0 bridgehead atoms. The predicted octanol–water partition coefficient (Wildman–Crippen LogP) is 3.65. The van der Waals surface area contributed by atoms with Crippen molar-refractivity contribution in [1.82, 2.24) is 5.32 Å². The zero-order valence-corrected chi connectivity index (χ0v) is 14.8. The molecular weight excluding hydrogens is 330 g/mol. The smallest absolute Gasteiger partial charge is 0.339 e. The molecule has 1 N–H and O–H groups in total. The molecule has 2 aromatic carbocycles. The van der Waals surface area contributed by atoms with E-state index in [0.717, 1.165) is 19.3 Å². The molecule has 3 rings (SSSR count). The first kappa shape index (κ1) is 18.0. The van der Waals surface area contributed by atoms with Crippen LogP contribution >= 0.6 is 0 Å². The van der Waals surface area contributed by atoms with E-state index >= 15 is 0 Å². The molecule has 0 radical (unpaired) electrons. The summed E-state index contributed by atoms with van der Waals surface area (Å²) in [5.41, 5.74) is 1.04. The highest BCUT2D eigenvalue weighted by Gasteiger charge is 2.31. The van der Waals surface area contributed by atoms with Crippen molar-refractivity contribution in [3.63, 3.8) is 0 Å². The number of esters is 1. The average Bonchev–Trinajstić information content (AvgIpc) is 3.49. The first-order chi connectivity index (χ1) is 12.7. The monoisotopic (exact) mass is 353 g/mol. The number of hydrogen-bond donors (Lipinski definition) is 1. The fraction of sp³-hybridized carbons (Fsp3) is 0.333. The van der Waals surface area contributed by atoms with E-state index in [-0.39, 0.29) is 11.9 Å². The van der Waals surface area contributed by atoms with Crippen LogP contribution in [0.4, 0.5) is 0 Å². The topological polar surface area (TPSA) is 64.6 Å². The van der Waals surface area contributed by atoms with Crippen LogP contribution in [0.5, 0.6) is 5.75 Å². The van der Waals surface area contributed by atoms with Gasteiger partial charge in [0.25, 0.3) is 5.91 Å². The summed E-state index contributed by atoms with van der Waals surface area (Å²) >= 11 is 0. The van der Waals surface area contributed by atoms with Crippen molar-refractivity contribution in [2.45, 2.75) is 38.3 Å². The van der Waals surface area contributed by atoms with Crippen LogP contribution in [0.25, 0.3) is 0 Å². The minimum absolute atomic E-state index is 0.197. The molecule has 1 fully saturated rings. The maximum Gasteiger partial charge on any atom is 0.339 e. The van der Waals surface area contributed by atoms with Crippen molar-refractivity contribution < 1.29 is 19.1 Å². The normalized spacial score (nSPS) is 14.3. The molecule has 5 heteroatoms. The maximum absolute atomic E-state index is 12.5. The van der Waals surface area contributed by atoms with Gasteiger partial charge in [-0.25, -0.2) is 4.79 Å². The van der Waals surface area contributed by atoms with E-state index in [9.17, 15) is 9.59 Å². The molecule has 1 atom stereocenters. The SMILES string of the molecule is CCCOc1ccc(C(=O)O[C@@H](C(=O)NC2CC2)c2ccccc2)cc1. The summed E-state index contributed by atoms with van der Waals surface area (Å²) in [5, 5.41) is 2.91. The van der Waals surface area contributed by atoms with E-state index in [1.165, 1.54) is 0 Å². The van der Waals surface area contributed by atoms with Crippen molar-refractivity contribution in [3.05, 3.63) is 65.7 Å². The second kappa shape index (κ2) is 8.52. The van der Waals surface area contributed by atoms with E-state index in [0.29, 0.717) is 23.5 Å². The largest absolute Gasteiger partial charge is 0.494 e. The van der Waals surface area contributed by atoms with Gasteiger partial charge in [-0.2, -0.15) is 0 Å². The lowest BCUT2D eigenvalue weighted by atomic mass is 10.1. The lowest BCUT2D eigenvalue weighted by Crippen LogP contribution is -2.33. The first-order valence-electron chi connectivity index (χ1n) is 8.96. The van der Waals surface area contributed by atoms with Crippen LogP contribution in [-0.2, 0) is 9.53 Å². The third kappa shape index (κ3) is 4.85. The van der Waals surface area contributed by atoms with Gasteiger partial charge in [-0.05, 0) is 43.5 Å². The fourth-order valence-electron chi connectivity index (χ4n) is 2.49. The first-order valence-corrected chi connectivity index (χ1v) is 8.96. The number of carbonyl (C=O) groups is 2. The van der Waals surface area contributed by atoms with Gasteiger partial charge in [0, 0.05) is 11.6 Å². The third-order valence-corrected chi connectivity index (χ3v) is 4.05. The van der Waals surface area contributed by atoms with Crippen molar-refractivity contribution in [2.24, 2.45) is 0 Å². The van der Waals surface area contributed by atoms with Gasteiger partial charge >= 0.3 is 5.97 Å². The Balaban J connectivity index is 1.71. The van der Waals surface area contributed by atoms with Gasteiger partial charge in [-0.3, -0.25) is 4.79 Å². The van der Waals surface area contributed by atoms with Crippen molar-refractivity contribution >= 4 is 11.9 Å². The third-order valence-electron chi connectivity index (χ3n) is 4.05. The van der Waals surface area contributed by atoms with Gasteiger partial charge in [0.15, 0.2) is 0 Å². The quantitative estimate of drug-likeness (QED) is 0.736. The van der Waals surface area contributed by atoms with Gasteiger partial charge in [0.1, 0.15) is 5.75 Å². The van der Waals surface area contributed by atoms with Crippen LogP contribution in [0.2, 0.25) is 0 Å². The number of ether oxygens (including phenoxy) is 2. The van der Waals surface area contributed by atoms with Crippen LogP contribution in [0.15, 0.2) is 54.6 Å². The lowest BCUT2D eigenvalue weighted by Gasteiger charge is -2.18. The van der Waals surface area contributed by atoms with Crippen LogP contribution in [0.1, 0.15) is 48.2 Å². The van der Waals surface area contributed by atoms with Gasteiger partial charge in [-0.15, -0.1) is 0 Å². The Labute approximate surface area is 153 Å². The number of carbonyl (C=O) groups excluding carboxylic acids is 2. The molecule has 5 nitrogen and oxygen atoms in total. The lowest BCUT2D eigenvalue weighted by molar-refractivity contribution is -0.130. The maximum atomic E-state index is 12.5. The van der Waals surface area contributed by atoms with E-state index < -0.39 is 12.1 Å². The second-order valence-corrected chi connectivity index (χ2v) is 6.35. The van der Waals surface area contributed by atoms with Crippen LogP contribution < -0.4 is 10.1 Å². The minimum Gasteiger partial charge on any atom is -0.494 e. The summed E-state index contributed by atoms with van der Waals surface area (Å²) in [6.07, 6.45) is 1.90. The highest BCUT2D eigenvalue weighted by Crippen LogP contribution is 2.24. The molecule has 0 aliphatic heterocycles. The molecular formula is C21H23NO4. The molecule has 136 valence electrons. The van der Waals surface area contributed by atoms with E-state index in [1.807, 2.05) is 25.1 Å². The average molecular weight is 353 g/mol. The molecule has 1 amide bonds. The Bertz CT molecular complexity index is 738. The van der Waals surface area contributed by atoms with Gasteiger partial charge in [0.2, 0.25) is 6.10 Å². The highest BCUT2D eigenvalue weighted by molar-refractivity contribution is 5.93. The number of hydrogen-bond acceptors (Lipinski definition) is 4. The summed E-state index contributed by atoms with van der Waals surface area (Å²) in [7, 11) is 0. The fourth-order valence-corrected chi connectivity index (χ4v) is 2.49. The Kier molecular flexibility index (Phi) is 5.89. The molecule has 0 saturated heterocycles. The summed E-state index contributed by atoms with van der Waals surface area (Å²) in [6, 6.07) is 16.0. The van der Waals surface area contributed by atoms with E-state index in [1.54, 1.807) is 36.4 Å². The van der Waals surface area contributed by atoms with E-state index in [2.05, 4.69) is 5.32 Å². The molecule has 0 unspecified atom stereocenters. The molecule has 0 aromatic heterocycles. The Morgan fingerprint density at radius 1 is 1.08 bits per heavy atom. The highest BCUT2D eigenvalue weighted by atomic mass is 16.5. The van der Waals surface area contributed by atoms with Gasteiger partial charge in [0.05, 0.1) is 12.2 Å². The van der Waals surface area contributed by atoms with Gasteiger partial charge < -0.3 is 14.8 Å². The van der Waals surface area contributed by atoms with Crippen molar-refractivity contribution in [3.8, 4) is 5.75 Å². The van der Waals surface area contributed by atoms with Crippen LogP contribution in [0.3, 0.4) is 0 Å². The van der Waals surface area contributed by atoms with E-state index in [4.69, 9.17) is 9.47 Å². The molecule has 0 heterocycles.